The Bertz CT molecular complexity index is 1370. The molecule has 0 saturated heterocycles. The van der Waals surface area contributed by atoms with Crippen molar-refractivity contribution in [1.29, 1.82) is 0 Å². The molecule has 0 radical (unpaired) electrons. The van der Waals surface area contributed by atoms with Gasteiger partial charge in [-0.25, -0.2) is 4.79 Å². The predicted octanol–water partition coefficient (Wildman–Crippen LogP) is 3.84. The van der Waals surface area contributed by atoms with Crippen LogP contribution in [0.5, 0.6) is 0 Å². The lowest BCUT2D eigenvalue weighted by Gasteiger charge is -2.29. The van der Waals surface area contributed by atoms with Gasteiger partial charge in [0, 0.05) is 29.2 Å². The minimum absolute atomic E-state index is 0.0877. The van der Waals surface area contributed by atoms with Crippen molar-refractivity contribution in [3.8, 4) is 0 Å². The van der Waals surface area contributed by atoms with Crippen LogP contribution in [-0.4, -0.2) is 15.3 Å². The van der Waals surface area contributed by atoms with Crippen LogP contribution in [0.2, 0.25) is 0 Å². The van der Waals surface area contributed by atoms with Gasteiger partial charge in [0.15, 0.2) is 5.78 Å². The number of carbonyl (C=O) groups is 1. The standard InChI is InChI=1S/C25H23N3O3/c1-4-28-23-20(24(30)27-25(28)31)18(15-11-9-14(10-12-15)13(2)3)19-21(26-23)16-7-5-6-8-17(16)22(19)29/h5-13,18,26H,4H2,1-3H3,(H,27,30,31)/t18-/m1/s1. The molecule has 1 aliphatic heterocycles. The van der Waals surface area contributed by atoms with Crippen LogP contribution in [-0.2, 0) is 6.54 Å². The second-order valence-corrected chi connectivity index (χ2v) is 8.31. The third kappa shape index (κ3) is 2.75. The van der Waals surface area contributed by atoms with Crippen LogP contribution in [0.25, 0.3) is 5.70 Å². The van der Waals surface area contributed by atoms with E-state index in [-0.39, 0.29) is 5.78 Å². The molecular weight excluding hydrogens is 390 g/mol. The van der Waals surface area contributed by atoms with E-state index >= 15 is 0 Å². The zero-order valence-electron chi connectivity index (χ0n) is 17.7. The average Bonchev–Trinajstić information content (AvgIpc) is 3.05. The lowest BCUT2D eigenvalue weighted by atomic mass is 9.81. The Hall–Kier alpha value is -3.67. The number of hydrogen-bond acceptors (Lipinski definition) is 4. The van der Waals surface area contributed by atoms with E-state index in [1.165, 1.54) is 10.1 Å². The summed E-state index contributed by atoms with van der Waals surface area (Å²) in [7, 11) is 0. The van der Waals surface area contributed by atoms with Crippen molar-refractivity contribution in [2.45, 2.75) is 39.2 Å². The summed E-state index contributed by atoms with van der Waals surface area (Å²) in [5.41, 5.74) is 4.15. The first kappa shape index (κ1) is 19.3. The third-order valence-electron chi connectivity index (χ3n) is 6.26. The Kier molecular flexibility index (Phi) is 4.32. The maximum atomic E-state index is 13.5. The van der Waals surface area contributed by atoms with Crippen LogP contribution in [0.1, 0.15) is 65.2 Å². The molecule has 5 rings (SSSR count). The molecule has 0 fully saturated rings. The van der Waals surface area contributed by atoms with E-state index in [9.17, 15) is 14.4 Å². The number of H-pyrrole nitrogens is 1. The normalized spacial score (nSPS) is 16.8. The highest BCUT2D eigenvalue weighted by Gasteiger charge is 2.42. The lowest BCUT2D eigenvalue weighted by Crippen LogP contribution is -2.38. The maximum absolute atomic E-state index is 13.5. The molecule has 1 aromatic heterocycles. The average molecular weight is 413 g/mol. The molecule has 6 nitrogen and oxygen atoms in total. The number of aromatic nitrogens is 2. The monoisotopic (exact) mass is 413 g/mol. The highest BCUT2D eigenvalue weighted by Crippen LogP contribution is 2.47. The van der Waals surface area contributed by atoms with Crippen LogP contribution in [0.4, 0.5) is 5.82 Å². The number of hydrogen-bond donors (Lipinski definition) is 2. The fraction of sp³-hybridized carbons (Fsp3) is 0.240. The van der Waals surface area contributed by atoms with E-state index in [2.05, 4.69) is 24.1 Å². The lowest BCUT2D eigenvalue weighted by molar-refractivity contribution is 0.103. The zero-order chi connectivity index (χ0) is 21.9. The van der Waals surface area contributed by atoms with Gasteiger partial charge in [0.2, 0.25) is 0 Å². The van der Waals surface area contributed by atoms with Gasteiger partial charge in [-0.1, -0.05) is 62.4 Å². The number of benzene rings is 2. The summed E-state index contributed by atoms with van der Waals surface area (Å²) >= 11 is 0. The number of Topliss-reactive ketones (excluding diaryl/α,β-unsaturated/α-hetero) is 1. The van der Waals surface area contributed by atoms with Gasteiger partial charge in [-0.3, -0.25) is 19.1 Å². The van der Waals surface area contributed by atoms with Gasteiger partial charge in [-0.05, 0) is 24.0 Å². The molecule has 0 spiro atoms. The van der Waals surface area contributed by atoms with Gasteiger partial charge in [-0.2, -0.15) is 0 Å². The number of carbonyl (C=O) groups excluding carboxylic acids is 1. The van der Waals surface area contributed by atoms with Gasteiger partial charge in [0.1, 0.15) is 5.82 Å². The second-order valence-electron chi connectivity index (χ2n) is 8.31. The molecule has 2 N–H and O–H groups in total. The molecule has 2 aromatic carbocycles. The molecule has 31 heavy (non-hydrogen) atoms. The van der Waals surface area contributed by atoms with Crippen molar-refractivity contribution < 1.29 is 4.79 Å². The molecule has 156 valence electrons. The quantitative estimate of drug-likeness (QED) is 0.683. The number of fused-ring (bicyclic) bond motifs is 3. The third-order valence-corrected chi connectivity index (χ3v) is 6.26. The number of aromatic amines is 1. The Morgan fingerprint density at radius 1 is 0.968 bits per heavy atom. The van der Waals surface area contributed by atoms with Crippen LogP contribution in [0, 0.1) is 0 Å². The van der Waals surface area contributed by atoms with Crippen molar-refractivity contribution in [1.82, 2.24) is 9.55 Å². The summed E-state index contributed by atoms with van der Waals surface area (Å²) in [5, 5.41) is 3.28. The van der Waals surface area contributed by atoms with Crippen molar-refractivity contribution >= 4 is 17.3 Å². The first-order valence-electron chi connectivity index (χ1n) is 10.5. The molecule has 0 amide bonds. The van der Waals surface area contributed by atoms with Gasteiger partial charge < -0.3 is 5.32 Å². The highest BCUT2D eigenvalue weighted by atomic mass is 16.2. The number of allylic oxidation sites excluding steroid dienone is 1. The van der Waals surface area contributed by atoms with Crippen molar-refractivity contribution in [2.24, 2.45) is 0 Å². The first-order chi connectivity index (χ1) is 14.9. The molecule has 1 atom stereocenters. The van der Waals surface area contributed by atoms with Gasteiger partial charge >= 0.3 is 5.69 Å². The number of nitrogens with zero attached hydrogens (tertiary/aromatic N) is 1. The molecule has 2 aliphatic rings. The van der Waals surface area contributed by atoms with Crippen LogP contribution < -0.4 is 16.6 Å². The number of ketones is 1. The molecule has 0 bridgehead atoms. The largest absolute Gasteiger partial charge is 0.340 e. The van der Waals surface area contributed by atoms with Gasteiger partial charge in [-0.15, -0.1) is 0 Å². The van der Waals surface area contributed by atoms with Crippen LogP contribution >= 0.6 is 0 Å². The summed E-state index contributed by atoms with van der Waals surface area (Å²) < 4.78 is 1.52. The molecule has 1 aliphatic carbocycles. The Morgan fingerprint density at radius 2 is 1.65 bits per heavy atom. The molecule has 6 heteroatoms. The molecular formula is C25H23N3O3. The topological polar surface area (TPSA) is 84.0 Å². The van der Waals surface area contributed by atoms with E-state index in [1.807, 2.05) is 49.4 Å². The fourth-order valence-electron chi connectivity index (χ4n) is 4.67. The predicted molar refractivity (Wildman–Crippen MR) is 121 cm³/mol. The Labute approximate surface area is 179 Å². The minimum Gasteiger partial charge on any atom is -0.340 e. The highest BCUT2D eigenvalue weighted by molar-refractivity contribution is 6.23. The summed E-state index contributed by atoms with van der Waals surface area (Å²) in [6.45, 7) is 6.49. The fourth-order valence-corrected chi connectivity index (χ4v) is 4.67. The van der Waals surface area contributed by atoms with Gasteiger partial charge in [0.05, 0.1) is 11.3 Å². The SMILES string of the molecule is CCn1c2c(c(=O)[nH]c1=O)[C@H](c1ccc(C(C)C)cc1)C1=C(N2)c2ccccc2C1=O. The number of anilines is 1. The Morgan fingerprint density at radius 3 is 2.29 bits per heavy atom. The molecule has 3 aromatic rings. The van der Waals surface area contributed by atoms with E-state index in [0.29, 0.717) is 40.7 Å². The molecule has 0 saturated carbocycles. The maximum Gasteiger partial charge on any atom is 0.329 e. The van der Waals surface area contributed by atoms with Crippen molar-refractivity contribution in [3.63, 3.8) is 0 Å². The van der Waals surface area contributed by atoms with E-state index in [0.717, 1.165) is 11.1 Å². The summed E-state index contributed by atoms with van der Waals surface area (Å²) in [4.78, 5) is 41.4. The van der Waals surface area contributed by atoms with Crippen molar-refractivity contribution in [2.75, 3.05) is 5.32 Å². The second kappa shape index (κ2) is 6.94. The van der Waals surface area contributed by atoms with Crippen LogP contribution in [0.15, 0.2) is 63.7 Å². The van der Waals surface area contributed by atoms with Crippen LogP contribution in [0.3, 0.4) is 0 Å². The summed E-state index contributed by atoms with van der Waals surface area (Å²) in [6.07, 6.45) is 0. The van der Waals surface area contributed by atoms with E-state index in [4.69, 9.17) is 0 Å². The molecule has 0 unspecified atom stereocenters. The van der Waals surface area contributed by atoms with Gasteiger partial charge in [0.25, 0.3) is 5.56 Å². The summed E-state index contributed by atoms with van der Waals surface area (Å²) in [6, 6.07) is 15.5. The molecule has 2 heterocycles. The Balaban J connectivity index is 1.82. The van der Waals surface area contributed by atoms with Crippen molar-refractivity contribution in [3.05, 3.63) is 103 Å². The summed E-state index contributed by atoms with van der Waals surface area (Å²) in [5.74, 6) is 0.178. The number of rotatable bonds is 3. The first-order valence-corrected chi connectivity index (χ1v) is 10.5. The minimum atomic E-state index is -0.561. The van der Waals surface area contributed by atoms with E-state index in [1.54, 1.807) is 6.07 Å². The smallest absolute Gasteiger partial charge is 0.329 e. The van der Waals surface area contributed by atoms with E-state index < -0.39 is 17.2 Å². The number of nitrogens with one attached hydrogen (secondary N) is 2. The zero-order valence-corrected chi connectivity index (χ0v) is 17.7.